The van der Waals surface area contributed by atoms with E-state index < -0.39 is 21.6 Å². The molecular weight excluding hydrogens is 213 g/mol. The minimum atomic E-state index is -2.85. The predicted molar refractivity (Wildman–Crippen MR) is 0 cm³/mol. The van der Waals surface area contributed by atoms with Crippen molar-refractivity contribution in [1.82, 2.24) is 0 Å². The van der Waals surface area contributed by atoms with Gasteiger partial charge in [0.05, 0.1) is 21.6 Å². The van der Waals surface area contributed by atoms with Crippen LogP contribution in [0.5, 0.6) is 0 Å². The van der Waals surface area contributed by atoms with E-state index in [1.54, 1.807) is 0 Å². The zero-order chi connectivity index (χ0) is 7.15. The van der Waals surface area contributed by atoms with Crippen LogP contribution < -0.4 is 87.1 Å². The Morgan fingerprint density at radius 3 is 0.500 bits per heavy atom. The zero-order valence-corrected chi connectivity index (χ0v) is 10.7. The average molecular weight is 213 g/mol. The van der Waals surface area contributed by atoms with Crippen molar-refractivity contribution in [2.45, 2.75) is 0 Å². The summed E-state index contributed by atoms with van der Waals surface area (Å²) in [4.78, 5) is 0. The first-order valence-electron chi connectivity index (χ1n) is 0.926. The van der Waals surface area contributed by atoms with Crippen LogP contribution in [0.2, 0.25) is 0 Å². The number of hydrogen-bond acceptors (Lipinski definition) is 6. The van der Waals surface area contributed by atoms with Gasteiger partial charge in [0.25, 0.3) is 0 Å². The van der Waals surface area contributed by atoms with Crippen LogP contribution in [0, 0.1) is 21.6 Å². The molecule has 0 bridgehead atoms. The minimum absolute atomic E-state index is 0. The Bertz CT molecular complexity index is 29.2. The molecule has 0 N–H and O–H groups in total. The van der Waals surface area contributed by atoms with Gasteiger partial charge in [-0.3, -0.25) is 0 Å². The molecule has 0 saturated carbocycles. The second-order valence-corrected chi connectivity index (χ2v) is 1.13. The van der Waals surface area contributed by atoms with Crippen LogP contribution in [0.15, 0.2) is 0 Å². The summed E-state index contributed by atoms with van der Waals surface area (Å²) >= 11 is 0. The molecule has 10 heavy (non-hydrogen) atoms. The largest absolute Gasteiger partial charge is 1.00 e. The second-order valence-electron chi connectivity index (χ2n) is 0.378. The molecule has 0 spiro atoms. The van der Waals surface area contributed by atoms with Gasteiger partial charge in [-0.2, -0.15) is 0 Å². The summed E-state index contributed by atoms with van der Waals surface area (Å²) in [6, 6.07) is 0. The van der Waals surface area contributed by atoms with E-state index in [4.69, 9.17) is 28.0 Å². The van der Waals surface area contributed by atoms with E-state index in [0.29, 0.717) is 0 Å². The van der Waals surface area contributed by atoms with Crippen LogP contribution in [-0.2, 0) is 0 Å². The normalized spacial score (nSPS) is 7.20. The molecule has 0 atom stereocenters. The molecule has 0 fully saturated rings. The Kier molecular flexibility index (Phi) is 39.8. The minimum Gasteiger partial charge on any atom is -0.357 e. The van der Waals surface area contributed by atoms with Gasteiger partial charge in [0, 0.05) is 0 Å². The van der Waals surface area contributed by atoms with Crippen molar-refractivity contribution in [3.05, 3.63) is 0 Å². The van der Waals surface area contributed by atoms with Crippen LogP contribution in [0.3, 0.4) is 0 Å². The monoisotopic (exact) mass is 212 g/mol. The molecule has 0 aliphatic carbocycles. The van der Waals surface area contributed by atoms with Gasteiger partial charge >= 0.3 is 59.1 Å². The van der Waals surface area contributed by atoms with Crippen molar-refractivity contribution in [3.63, 3.8) is 0 Å². The Morgan fingerprint density at radius 2 is 0.500 bits per heavy atom. The van der Waals surface area contributed by atoms with E-state index in [1.165, 1.54) is 0 Å². The molecule has 0 aromatic heterocycles. The van der Waals surface area contributed by atoms with Crippen molar-refractivity contribution in [1.29, 1.82) is 0 Å². The molecule has 0 radical (unpaired) electrons. The summed E-state index contributed by atoms with van der Waals surface area (Å²) in [7, 11) is -5.70. The Hall–Kier alpha value is 2.34. The predicted octanol–water partition coefficient (Wildman–Crippen LogP) is -13.1. The number of rotatable bonds is 0. The third-order valence-electron chi connectivity index (χ3n) is 0. The Labute approximate surface area is 107 Å². The summed E-state index contributed by atoms with van der Waals surface area (Å²) in [6.07, 6.45) is 0. The second kappa shape index (κ2) is 17.4. The van der Waals surface area contributed by atoms with Gasteiger partial charge in [0.1, 0.15) is 0 Å². The molecule has 0 unspecified atom stereocenters. The van der Waals surface area contributed by atoms with E-state index in [9.17, 15) is 0 Å². The van der Waals surface area contributed by atoms with Gasteiger partial charge in [-0.25, -0.2) is 0 Å². The summed E-state index contributed by atoms with van der Waals surface area (Å²) in [6.45, 7) is 0. The van der Waals surface area contributed by atoms with Gasteiger partial charge in [-0.15, -0.1) is 0 Å². The molecule has 0 amide bonds. The topological polar surface area (TPSA) is 138 Å². The fourth-order valence-corrected chi connectivity index (χ4v) is 0. The molecule has 0 aliphatic heterocycles. The maximum Gasteiger partial charge on any atom is 1.00 e. The summed E-state index contributed by atoms with van der Waals surface area (Å²) in [5, 5.41) is 0. The Balaban J connectivity index is -0.0000000300. The summed E-state index contributed by atoms with van der Waals surface area (Å²) < 4.78 is 50.4. The van der Waals surface area contributed by atoms with E-state index in [1.807, 2.05) is 0 Å². The molecule has 0 rings (SSSR count). The van der Waals surface area contributed by atoms with Crippen LogP contribution >= 0.6 is 0 Å². The SMILES string of the molecule is [Na+].[Na+].[O-][Cl+2]([O-])[O-].[O-][Cl+2]([O-])[O-]. The molecule has 0 aromatic rings. The Morgan fingerprint density at radius 1 is 0.500 bits per heavy atom. The maximum atomic E-state index is 8.41. The van der Waals surface area contributed by atoms with Crippen LogP contribution in [0.25, 0.3) is 0 Å². The number of halogens is 2. The van der Waals surface area contributed by atoms with Gasteiger partial charge in [0.15, 0.2) is 0 Å². The first-order chi connectivity index (χ1) is 3.46. The van der Waals surface area contributed by atoms with E-state index in [2.05, 4.69) is 0 Å². The van der Waals surface area contributed by atoms with Crippen molar-refractivity contribution in [3.8, 4) is 0 Å². The van der Waals surface area contributed by atoms with Crippen LogP contribution in [-0.4, -0.2) is 0 Å². The molecular formula is Cl2Na2O6. The van der Waals surface area contributed by atoms with E-state index >= 15 is 0 Å². The number of hydrogen-bond donors (Lipinski definition) is 0. The van der Waals surface area contributed by atoms with Crippen molar-refractivity contribution in [2.75, 3.05) is 0 Å². The summed E-state index contributed by atoms with van der Waals surface area (Å²) in [5.74, 6) is 0. The smallest absolute Gasteiger partial charge is 0.357 e. The first-order valence-corrected chi connectivity index (χ1v) is 2.78. The van der Waals surface area contributed by atoms with Crippen LogP contribution in [0.1, 0.15) is 0 Å². The maximum absolute atomic E-state index is 8.41. The third-order valence-corrected chi connectivity index (χ3v) is 0. The van der Waals surface area contributed by atoms with Crippen molar-refractivity contribution >= 4 is 0 Å². The standard InChI is InChI=1S/2ClO3.2Na/c2*2-1(3)4;;/q2*-1;2*+1. The zero-order valence-electron chi connectivity index (χ0n) is 5.21. The fraction of sp³-hybridized carbons (Fsp3) is 0. The van der Waals surface area contributed by atoms with Crippen molar-refractivity contribution < 1.29 is 109 Å². The fourth-order valence-electron chi connectivity index (χ4n) is 0. The van der Waals surface area contributed by atoms with Gasteiger partial charge in [-0.05, 0) is 0 Å². The van der Waals surface area contributed by atoms with Gasteiger partial charge in [-0.1, -0.05) is 0 Å². The van der Waals surface area contributed by atoms with E-state index in [-0.39, 0.29) is 59.1 Å². The molecule has 0 aromatic carbocycles. The first kappa shape index (κ1) is 22.8. The summed E-state index contributed by atoms with van der Waals surface area (Å²) in [5.41, 5.74) is 0. The molecule has 6 nitrogen and oxygen atoms in total. The quantitative estimate of drug-likeness (QED) is 0.366. The van der Waals surface area contributed by atoms with E-state index in [0.717, 1.165) is 0 Å². The molecule has 0 saturated heterocycles. The van der Waals surface area contributed by atoms with Gasteiger partial charge in [0.2, 0.25) is 0 Å². The average Bonchev–Trinajstić information content (AvgIpc) is 1.25. The molecule has 52 valence electrons. The van der Waals surface area contributed by atoms with Crippen molar-refractivity contribution in [2.24, 2.45) is 0 Å². The van der Waals surface area contributed by atoms with Crippen LogP contribution in [0.4, 0.5) is 0 Å². The molecule has 0 aliphatic rings. The van der Waals surface area contributed by atoms with Gasteiger partial charge < -0.3 is 28.0 Å². The molecule has 0 heterocycles. The third kappa shape index (κ3) is 165. The molecule has 10 heteroatoms.